The van der Waals surface area contributed by atoms with Crippen molar-refractivity contribution in [3.05, 3.63) is 0 Å². The van der Waals surface area contributed by atoms with Crippen LogP contribution in [0, 0.1) is 17.2 Å². The Bertz CT molecular complexity index is 165. The molecule has 0 amide bonds. The zero-order valence-electron chi connectivity index (χ0n) is 6.58. The van der Waals surface area contributed by atoms with Gasteiger partial charge in [-0.2, -0.15) is 5.26 Å². The Morgan fingerprint density at radius 3 is 2.45 bits per heavy atom. The molecule has 3 heteroatoms. The Kier molecular flexibility index (Phi) is 2.48. The molecule has 0 unspecified atom stereocenters. The summed E-state index contributed by atoms with van der Waals surface area (Å²) in [7, 11) is 0. The van der Waals surface area contributed by atoms with Gasteiger partial charge in [0.2, 0.25) is 0 Å². The number of hydrogen-bond acceptors (Lipinski definition) is 3. The molecule has 0 radical (unpaired) electrons. The number of aliphatic hydroxyl groups is 1. The van der Waals surface area contributed by atoms with Crippen LogP contribution in [-0.4, -0.2) is 17.3 Å². The van der Waals surface area contributed by atoms with E-state index in [1.165, 1.54) is 0 Å². The van der Waals surface area contributed by atoms with Crippen molar-refractivity contribution >= 4 is 0 Å². The summed E-state index contributed by atoms with van der Waals surface area (Å²) in [5, 5.41) is 17.5. The zero-order chi connectivity index (χ0) is 8.32. The number of rotatable bonds is 1. The fraction of sp³-hybridized carbons (Fsp3) is 0.875. The lowest BCUT2D eigenvalue weighted by Crippen LogP contribution is -2.42. The summed E-state index contributed by atoms with van der Waals surface area (Å²) in [4.78, 5) is 0. The van der Waals surface area contributed by atoms with Gasteiger partial charge >= 0.3 is 0 Å². The number of nitrogens with zero attached hydrogens (tertiary/aromatic N) is 1. The van der Waals surface area contributed by atoms with Gasteiger partial charge in [0.05, 0.1) is 6.07 Å². The SMILES string of the molecule is N#CC1(N)CCC(CO)CC1. The third kappa shape index (κ3) is 1.92. The first-order valence-corrected chi connectivity index (χ1v) is 4.01. The van der Waals surface area contributed by atoms with Crippen molar-refractivity contribution in [1.82, 2.24) is 0 Å². The molecule has 0 heterocycles. The molecule has 11 heavy (non-hydrogen) atoms. The van der Waals surface area contributed by atoms with Crippen LogP contribution in [0.4, 0.5) is 0 Å². The zero-order valence-corrected chi connectivity index (χ0v) is 6.58. The van der Waals surface area contributed by atoms with Crippen molar-refractivity contribution in [3.63, 3.8) is 0 Å². The van der Waals surface area contributed by atoms with Crippen LogP contribution in [0.15, 0.2) is 0 Å². The molecule has 0 atom stereocenters. The fourth-order valence-electron chi connectivity index (χ4n) is 1.49. The molecule has 1 fully saturated rings. The summed E-state index contributed by atoms with van der Waals surface area (Å²) in [6.45, 7) is 0.238. The molecule has 1 saturated carbocycles. The summed E-state index contributed by atoms with van der Waals surface area (Å²) >= 11 is 0. The van der Waals surface area contributed by atoms with Crippen LogP contribution in [0.3, 0.4) is 0 Å². The van der Waals surface area contributed by atoms with Crippen molar-refractivity contribution in [1.29, 1.82) is 5.26 Å². The van der Waals surface area contributed by atoms with Crippen molar-refractivity contribution in [2.24, 2.45) is 11.7 Å². The molecule has 62 valence electrons. The maximum absolute atomic E-state index is 8.81. The summed E-state index contributed by atoms with van der Waals surface area (Å²) in [6, 6.07) is 2.12. The number of nitriles is 1. The standard InChI is InChI=1S/C8H14N2O/c9-6-8(10)3-1-7(5-11)2-4-8/h7,11H,1-5,10H2. The Morgan fingerprint density at radius 2 is 2.09 bits per heavy atom. The Labute approximate surface area is 66.8 Å². The number of aliphatic hydroxyl groups excluding tert-OH is 1. The van der Waals surface area contributed by atoms with E-state index in [1.807, 2.05) is 0 Å². The molecule has 0 aromatic heterocycles. The van der Waals surface area contributed by atoms with E-state index >= 15 is 0 Å². The first-order valence-electron chi connectivity index (χ1n) is 4.01. The van der Waals surface area contributed by atoms with E-state index < -0.39 is 5.54 Å². The highest BCUT2D eigenvalue weighted by Gasteiger charge is 2.30. The summed E-state index contributed by atoms with van der Waals surface area (Å²) in [5.41, 5.74) is 5.13. The minimum atomic E-state index is -0.605. The Hall–Kier alpha value is -0.590. The third-order valence-electron chi connectivity index (χ3n) is 2.48. The lowest BCUT2D eigenvalue weighted by Gasteiger charge is -2.30. The lowest BCUT2D eigenvalue weighted by atomic mass is 9.78. The molecule has 3 N–H and O–H groups in total. The molecule has 1 rings (SSSR count). The van der Waals surface area contributed by atoms with Gasteiger partial charge in [0.15, 0.2) is 0 Å². The minimum absolute atomic E-state index is 0.238. The largest absolute Gasteiger partial charge is 0.396 e. The quantitative estimate of drug-likeness (QED) is 0.574. The average molecular weight is 154 g/mol. The smallest absolute Gasteiger partial charge is 0.104 e. The van der Waals surface area contributed by atoms with Gasteiger partial charge in [-0.25, -0.2) is 0 Å². The van der Waals surface area contributed by atoms with Crippen molar-refractivity contribution in [2.45, 2.75) is 31.2 Å². The van der Waals surface area contributed by atoms with E-state index in [4.69, 9.17) is 16.1 Å². The molecule has 0 aromatic rings. The lowest BCUT2D eigenvalue weighted by molar-refractivity contribution is 0.170. The summed E-state index contributed by atoms with van der Waals surface area (Å²) in [5.74, 6) is 0.375. The molecule has 0 spiro atoms. The molecule has 3 nitrogen and oxygen atoms in total. The van der Waals surface area contributed by atoms with Gasteiger partial charge in [0.1, 0.15) is 5.54 Å². The Morgan fingerprint density at radius 1 is 1.55 bits per heavy atom. The van der Waals surface area contributed by atoms with Crippen LogP contribution >= 0.6 is 0 Å². The maximum atomic E-state index is 8.81. The second kappa shape index (κ2) is 3.21. The first kappa shape index (κ1) is 8.51. The molecule has 0 saturated heterocycles. The van der Waals surface area contributed by atoms with E-state index in [2.05, 4.69) is 6.07 Å². The van der Waals surface area contributed by atoms with E-state index in [0.29, 0.717) is 5.92 Å². The highest BCUT2D eigenvalue weighted by atomic mass is 16.3. The van der Waals surface area contributed by atoms with Crippen molar-refractivity contribution in [2.75, 3.05) is 6.61 Å². The minimum Gasteiger partial charge on any atom is -0.396 e. The molecule has 1 aliphatic carbocycles. The van der Waals surface area contributed by atoms with Crippen LogP contribution in [0.5, 0.6) is 0 Å². The Balaban J connectivity index is 2.43. The van der Waals surface area contributed by atoms with Crippen molar-refractivity contribution < 1.29 is 5.11 Å². The molecule has 0 aromatic carbocycles. The van der Waals surface area contributed by atoms with Gasteiger partial charge in [0, 0.05) is 6.61 Å². The number of nitrogens with two attached hydrogens (primary N) is 1. The van der Waals surface area contributed by atoms with Gasteiger partial charge in [-0.1, -0.05) is 0 Å². The van der Waals surface area contributed by atoms with E-state index in [1.54, 1.807) is 0 Å². The van der Waals surface area contributed by atoms with E-state index in [-0.39, 0.29) is 6.61 Å². The molecular weight excluding hydrogens is 140 g/mol. The third-order valence-corrected chi connectivity index (χ3v) is 2.48. The van der Waals surface area contributed by atoms with Crippen LogP contribution in [0.1, 0.15) is 25.7 Å². The molecule has 0 bridgehead atoms. The van der Waals surface area contributed by atoms with Crippen LogP contribution in [-0.2, 0) is 0 Å². The van der Waals surface area contributed by atoms with Crippen LogP contribution in [0.2, 0.25) is 0 Å². The number of hydrogen-bond donors (Lipinski definition) is 2. The van der Waals surface area contributed by atoms with Gasteiger partial charge in [-0.15, -0.1) is 0 Å². The molecular formula is C8H14N2O. The van der Waals surface area contributed by atoms with Gasteiger partial charge in [-0.3, -0.25) is 0 Å². The first-order chi connectivity index (χ1) is 5.20. The van der Waals surface area contributed by atoms with E-state index in [0.717, 1.165) is 25.7 Å². The van der Waals surface area contributed by atoms with E-state index in [9.17, 15) is 0 Å². The monoisotopic (exact) mass is 154 g/mol. The summed E-state index contributed by atoms with van der Waals surface area (Å²) in [6.07, 6.45) is 3.24. The maximum Gasteiger partial charge on any atom is 0.104 e. The fourth-order valence-corrected chi connectivity index (χ4v) is 1.49. The van der Waals surface area contributed by atoms with Gasteiger partial charge < -0.3 is 10.8 Å². The molecule has 0 aliphatic heterocycles. The second-order valence-electron chi connectivity index (χ2n) is 3.39. The van der Waals surface area contributed by atoms with Gasteiger partial charge in [0.25, 0.3) is 0 Å². The highest BCUT2D eigenvalue weighted by molar-refractivity contribution is 5.06. The van der Waals surface area contributed by atoms with Crippen molar-refractivity contribution in [3.8, 4) is 6.07 Å². The topological polar surface area (TPSA) is 70.0 Å². The second-order valence-corrected chi connectivity index (χ2v) is 3.39. The predicted octanol–water partition coefficient (Wildman–Crippen LogP) is 0.390. The average Bonchev–Trinajstić information content (AvgIpc) is 2.06. The predicted molar refractivity (Wildman–Crippen MR) is 41.6 cm³/mol. The van der Waals surface area contributed by atoms with Gasteiger partial charge in [-0.05, 0) is 31.6 Å². The summed E-state index contributed by atoms with van der Waals surface area (Å²) < 4.78 is 0. The van der Waals surface area contributed by atoms with Crippen LogP contribution in [0.25, 0.3) is 0 Å². The highest BCUT2D eigenvalue weighted by Crippen LogP contribution is 2.29. The normalized spacial score (nSPS) is 38.1. The van der Waals surface area contributed by atoms with Crippen LogP contribution < -0.4 is 5.73 Å². The molecule has 1 aliphatic rings.